The molecule has 0 saturated heterocycles. The molecular formula is C19H24FN3O2. The van der Waals surface area contributed by atoms with Gasteiger partial charge in [-0.3, -0.25) is 4.99 Å². The van der Waals surface area contributed by atoms with Crippen molar-refractivity contribution >= 4 is 5.96 Å². The SMILES string of the molecule is CN=C(NCCc1cccc(F)c1)NCc1cccc(OC)c1OC. The first-order valence-corrected chi connectivity index (χ1v) is 8.06. The Morgan fingerprint density at radius 3 is 2.56 bits per heavy atom. The Morgan fingerprint density at radius 2 is 1.88 bits per heavy atom. The van der Waals surface area contributed by atoms with Crippen molar-refractivity contribution in [2.24, 2.45) is 4.99 Å². The average Bonchev–Trinajstić information content (AvgIpc) is 2.64. The zero-order valence-electron chi connectivity index (χ0n) is 14.8. The summed E-state index contributed by atoms with van der Waals surface area (Å²) in [5, 5.41) is 6.46. The van der Waals surface area contributed by atoms with Gasteiger partial charge in [0.1, 0.15) is 5.82 Å². The number of benzene rings is 2. The Bertz CT molecular complexity index is 720. The maximum atomic E-state index is 13.2. The van der Waals surface area contributed by atoms with Crippen molar-refractivity contribution in [3.05, 3.63) is 59.4 Å². The first-order valence-electron chi connectivity index (χ1n) is 8.06. The lowest BCUT2D eigenvalue weighted by molar-refractivity contribution is 0.351. The molecular weight excluding hydrogens is 321 g/mol. The van der Waals surface area contributed by atoms with Gasteiger partial charge in [0, 0.05) is 25.7 Å². The van der Waals surface area contributed by atoms with Crippen LogP contribution in [0.3, 0.4) is 0 Å². The van der Waals surface area contributed by atoms with Crippen molar-refractivity contribution in [2.45, 2.75) is 13.0 Å². The molecule has 0 atom stereocenters. The summed E-state index contributed by atoms with van der Waals surface area (Å²) in [5.41, 5.74) is 1.91. The number of nitrogens with zero attached hydrogens (tertiary/aromatic N) is 1. The van der Waals surface area contributed by atoms with E-state index in [0.29, 0.717) is 37.0 Å². The number of ether oxygens (including phenoxy) is 2. The van der Waals surface area contributed by atoms with Crippen LogP contribution in [0.25, 0.3) is 0 Å². The maximum Gasteiger partial charge on any atom is 0.191 e. The van der Waals surface area contributed by atoms with Crippen LogP contribution in [0.5, 0.6) is 11.5 Å². The monoisotopic (exact) mass is 345 g/mol. The predicted molar refractivity (Wildman–Crippen MR) is 97.9 cm³/mol. The molecule has 2 N–H and O–H groups in total. The minimum Gasteiger partial charge on any atom is -0.493 e. The van der Waals surface area contributed by atoms with E-state index in [4.69, 9.17) is 9.47 Å². The van der Waals surface area contributed by atoms with Crippen molar-refractivity contribution in [2.75, 3.05) is 27.8 Å². The molecule has 0 bridgehead atoms. The fraction of sp³-hybridized carbons (Fsp3) is 0.316. The van der Waals surface area contributed by atoms with Crippen LogP contribution in [0.4, 0.5) is 4.39 Å². The maximum absolute atomic E-state index is 13.2. The van der Waals surface area contributed by atoms with E-state index in [1.807, 2.05) is 24.3 Å². The third-order valence-corrected chi connectivity index (χ3v) is 3.75. The van der Waals surface area contributed by atoms with E-state index in [2.05, 4.69) is 15.6 Å². The summed E-state index contributed by atoms with van der Waals surface area (Å²) >= 11 is 0. The second-order valence-corrected chi connectivity index (χ2v) is 5.39. The van der Waals surface area contributed by atoms with Crippen LogP contribution in [0.1, 0.15) is 11.1 Å². The van der Waals surface area contributed by atoms with E-state index in [9.17, 15) is 4.39 Å². The molecule has 0 heterocycles. The highest BCUT2D eigenvalue weighted by atomic mass is 19.1. The van der Waals surface area contributed by atoms with Gasteiger partial charge < -0.3 is 20.1 Å². The van der Waals surface area contributed by atoms with Gasteiger partial charge in [0.05, 0.1) is 14.2 Å². The third-order valence-electron chi connectivity index (χ3n) is 3.75. The zero-order valence-corrected chi connectivity index (χ0v) is 14.8. The van der Waals surface area contributed by atoms with E-state index in [1.165, 1.54) is 6.07 Å². The number of hydrogen-bond donors (Lipinski definition) is 2. The molecule has 0 radical (unpaired) electrons. The molecule has 134 valence electrons. The van der Waals surface area contributed by atoms with Crippen LogP contribution in [0.15, 0.2) is 47.5 Å². The molecule has 6 heteroatoms. The van der Waals surface area contributed by atoms with Crippen molar-refractivity contribution in [1.29, 1.82) is 0 Å². The van der Waals surface area contributed by atoms with Crippen LogP contribution in [-0.2, 0) is 13.0 Å². The number of rotatable bonds is 7. The molecule has 0 unspecified atom stereocenters. The zero-order chi connectivity index (χ0) is 18.1. The quantitative estimate of drug-likeness (QED) is 0.598. The summed E-state index contributed by atoms with van der Waals surface area (Å²) in [7, 11) is 4.94. The average molecular weight is 345 g/mol. The Morgan fingerprint density at radius 1 is 1.08 bits per heavy atom. The highest BCUT2D eigenvalue weighted by molar-refractivity contribution is 5.79. The van der Waals surface area contributed by atoms with E-state index >= 15 is 0 Å². The van der Waals surface area contributed by atoms with E-state index in [-0.39, 0.29) is 5.82 Å². The first-order chi connectivity index (χ1) is 12.2. The van der Waals surface area contributed by atoms with Gasteiger partial charge in [-0.2, -0.15) is 0 Å². The van der Waals surface area contributed by atoms with Crippen molar-refractivity contribution in [3.63, 3.8) is 0 Å². The highest BCUT2D eigenvalue weighted by Crippen LogP contribution is 2.30. The molecule has 5 nitrogen and oxygen atoms in total. The molecule has 0 aliphatic rings. The molecule has 0 spiro atoms. The van der Waals surface area contributed by atoms with E-state index in [0.717, 1.165) is 11.1 Å². The van der Waals surface area contributed by atoms with Crippen LogP contribution in [-0.4, -0.2) is 33.8 Å². The molecule has 0 aromatic heterocycles. The Balaban J connectivity index is 1.88. The smallest absolute Gasteiger partial charge is 0.191 e. The molecule has 2 aromatic rings. The number of para-hydroxylation sites is 1. The topological polar surface area (TPSA) is 54.9 Å². The predicted octanol–water partition coefficient (Wildman–Crippen LogP) is 2.75. The van der Waals surface area contributed by atoms with Crippen LogP contribution in [0, 0.1) is 5.82 Å². The van der Waals surface area contributed by atoms with Gasteiger partial charge in [0.15, 0.2) is 17.5 Å². The molecule has 2 aromatic carbocycles. The number of aliphatic imine (C=N–C) groups is 1. The Hall–Kier alpha value is -2.76. The largest absolute Gasteiger partial charge is 0.493 e. The minimum absolute atomic E-state index is 0.217. The van der Waals surface area contributed by atoms with Crippen molar-refractivity contribution in [3.8, 4) is 11.5 Å². The number of guanidine groups is 1. The summed E-state index contributed by atoms with van der Waals surface area (Å²) in [4.78, 5) is 4.20. The molecule has 0 aliphatic carbocycles. The molecule has 25 heavy (non-hydrogen) atoms. The van der Waals surface area contributed by atoms with E-state index in [1.54, 1.807) is 33.4 Å². The summed E-state index contributed by atoms with van der Waals surface area (Å²) in [6.45, 7) is 1.19. The highest BCUT2D eigenvalue weighted by Gasteiger charge is 2.09. The lowest BCUT2D eigenvalue weighted by Crippen LogP contribution is -2.37. The van der Waals surface area contributed by atoms with Gasteiger partial charge >= 0.3 is 0 Å². The van der Waals surface area contributed by atoms with Crippen LogP contribution in [0.2, 0.25) is 0 Å². The van der Waals surface area contributed by atoms with Crippen molar-refractivity contribution in [1.82, 2.24) is 10.6 Å². The fourth-order valence-electron chi connectivity index (χ4n) is 2.51. The second kappa shape index (κ2) is 9.52. The molecule has 0 saturated carbocycles. The summed E-state index contributed by atoms with van der Waals surface area (Å²) in [5.74, 6) is 1.84. The number of methoxy groups -OCH3 is 2. The molecule has 2 rings (SSSR count). The van der Waals surface area contributed by atoms with Crippen LogP contribution >= 0.6 is 0 Å². The lowest BCUT2D eigenvalue weighted by atomic mass is 10.1. The second-order valence-electron chi connectivity index (χ2n) is 5.39. The summed E-state index contributed by atoms with van der Waals surface area (Å²) in [6.07, 6.45) is 0.709. The lowest BCUT2D eigenvalue weighted by Gasteiger charge is -2.15. The summed E-state index contributed by atoms with van der Waals surface area (Å²) < 4.78 is 23.9. The molecule has 0 amide bonds. The minimum atomic E-state index is -0.217. The van der Waals surface area contributed by atoms with Crippen LogP contribution < -0.4 is 20.1 Å². The number of hydrogen-bond acceptors (Lipinski definition) is 3. The number of halogens is 1. The van der Waals surface area contributed by atoms with Gasteiger partial charge in [-0.1, -0.05) is 24.3 Å². The third kappa shape index (κ3) is 5.38. The van der Waals surface area contributed by atoms with Gasteiger partial charge in [-0.05, 0) is 30.2 Å². The van der Waals surface area contributed by atoms with Gasteiger partial charge in [0.2, 0.25) is 0 Å². The first kappa shape index (κ1) is 18.6. The Labute approximate surface area is 147 Å². The Kier molecular flexibility index (Phi) is 7.07. The van der Waals surface area contributed by atoms with Gasteiger partial charge in [-0.25, -0.2) is 4.39 Å². The van der Waals surface area contributed by atoms with Gasteiger partial charge in [-0.15, -0.1) is 0 Å². The van der Waals surface area contributed by atoms with E-state index < -0.39 is 0 Å². The number of nitrogens with one attached hydrogen (secondary N) is 2. The van der Waals surface area contributed by atoms with Gasteiger partial charge in [0.25, 0.3) is 0 Å². The summed E-state index contributed by atoms with van der Waals surface area (Å²) in [6, 6.07) is 12.3. The normalized spacial score (nSPS) is 11.1. The molecule has 0 aliphatic heterocycles. The van der Waals surface area contributed by atoms with Crippen molar-refractivity contribution < 1.29 is 13.9 Å². The molecule has 0 fully saturated rings. The standard InChI is InChI=1S/C19H24FN3O2/c1-21-19(22-11-10-14-6-4-8-16(20)12-14)23-13-15-7-5-9-17(24-2)18(15)25-3/h4-9,12H,10-11,13H2,1-3H3,(H2,21,22,23). The fourth-order valence-corrected chi connectivity index (χ4v) is 2.51.